The first-order valence-corrected chi connectivity index (χ1v) is 34.1. The summed E-state index contributed by atoms with van der Waals surface area (Å²) in [4.78, 5) is 63.6. The predicted molar refractivity (Wildman–Crippen MR) is 357 cm³/mol. The lowest BCUT2D eigenvalue weighted by atomic mass is 9.88. The summed E-state index contributed by atoms with van der Waals surface area (Å²) in [6, 6.07) is 16.4. The van der Waals surface area contributed by atoms with Crippen molar-refractivity contribution in [1.82, 2.24) is 54.8 Å². The summed E-state index contributed by atoms with van der Waals surface area (Å²) in [5.74, 6) is -0.421. The average molecular weight is 1320 g/mol. The largest absolute Gasteiger partial charge is 0.486 e. The standard InChI is InChI=1S/C71H85FN12O10S/c1-40(2)62(67(88)82-33-49(86)28-57(82)66(87)75-55(35-85)46-19-21-47(22-20-46)64-42(4)73-39-95-64)83-34-54(78-79-83)45-15-13-43(14-16-45)36-92-63-60(59-41(3)53(72)30-56-52(59)31-74-84(56)58-12-10-11-27-91-58)50(44-17-18-44)29-51-61(63)76-68(93-38-71(24-25-71)37-90-9)77-65(51)80(8)48-23-26-81(32-48)69(89)94-70(5,6)7/h13-16,19-22,29-31,34,39-40,44,48-49,55,57-58,62,85-86H,10-12,17-18,23-28,32-33,35-38H2,1-9H3,(H,75,87)/t48-,49+,55-,57-,58?,62-/m0/s1. The maximum atomic E-state index is 17.0. The van der Waals surface area contributed by atoms with Crippen LogP contribution >= 0.6 is 11.3 Å². The number of benzene rings is 4. The third-order valence-electron chi connectivity index (χ3n) is 19.3. The first-order chi connectivity index (χ1) is 45.7. The molecule has 4 aromatic carbocycles. The van der Waals surface area contributed by atoms with Crippen LogP contribution in [0.15, 0.2) is 78.6 Å². The van der Waals surface area contributed by atoms with E-state index in [1.165, 1.54) is 20.9 Å². The Bertz CT molecular complexity index is 4140. The minimum atomic E-state index is -1.00. The molecule has 0 spiro atoms. The summed E-state index contributed by atoms with van der Waals surface area (Å²) < 4.78 is 52.1. The fourth-order valence-electron chi connectivity index (χ4n) is 13.7. The van der Waals surface area contributed by atoms with E-state index < -0.39 is 41.6 Å². The molecule has 22 nitrogen and oxygen atoms in total. The van der Waals surface area contributed by atoms with Gasteiger partial charge in [-0.25, -0.2) is 23.5 Å². The molecule has 4 aromatic heterocycles. The zero-order valence-corrected chi connectivity index (χ0v) is 56.3. The SMILES string of the molecule is COCC1(COc2nc(N(C)[C@H]3CCN(C(=O)OC(C)(C)C)C3)c3cc(C4CC4)c(-c4c(C)c(F)cc5c4cnn5C4CCCCO4)c(OCc4ccc(-c5cn([C@H](C(=O)N6C[C@H](O)C[C@H]6C(=O)N[C@@H](CO)c6ccc(-c7scnc7C)cc6)C(C)C)nn5)cc4)c3n2)CC1. The van der Waals surface area contributed by atoms with Gasteiger partial charge in [-0.15, -0.1) is 16.4 Å². The van der Waals surface area contributed by atoms with E-state index in [9.17, 15) is 24.6 Å². The number of β-amino-alcohol motifs (C(OH)–C–C–N with tert-alkyl or cyclic N) is 1. The maximum Gasteiger partial charge on any atom is 0.410 e. The van der Waals surface area contributed by atoms with Gasteiger partial charge in [0, 0.05) is 91.8 Å². The molecule has 0 bridgehead atoms. The zero-order chi connectivity index (χ0) is 66.6. The number of aliphatic hydroxyl groups is 2. The lowest BCUT2D eigenvalue weighted by Gasteiger charge is -2.30. The first-order valence-electron chi connectivity index (χ1n) is 33.2. The molecule has 3 amide bonds. The van der Waals surface area contributed by atoms with Crippen LogP contribution in [-0.4, -0.2) is 162 Å². The van der Waals surface area contributed by atoms with Crippen LogP contribution in [0.2, 0.25) is 0 Å². The number of amides is 3. The molecule has 7 heterocycles. The third-order valence-corrected chi connectivity index (χ3v) is 20.3. The Balaban J connectivity index is 0.822. The van der Waals surface area contributed by atoms with Crippen molar-refractivity contribution in [3.05, 3.63) is 112 Å². The Kier molecular flexibility index (Phi) is 18.5. The number of hydrogen-bond donors (Lipinski definition) is 3. The van der Waals surface area contributed by atoms with Crippen molar-refractivity contribution in [2.75, 3.05) is 65.1 Å². The quantitative estimate of drug-likeness (QED) is 0.0571. The summed E-state index contributed by atoms with van der Waals surface area (Å²) in [6.45, 7) is 15.1. The number of likely N-dealkylation sites (N-methyl/N-ethyl adjacent to an activating group) is 1. The molecule has 3 N–H and O–H groups in total. The van der Waals surface area contributed by atoms with E-state index in [1.807, 2.05) is 108 Å². The summed E-state index contributed by atoms with van der Waals surface area (Å²) in [5.41, 5.74) is 9.43. The second kappa shape index (κ2) is 26.8. The van der Waals surface area contributed by atoms with Gasteiger partial charge in [-0.2, -0.15) is 15.1 Å². The highest BCUT2D eigenvalue weighted by Gasteiger charge is 2.46. The molecule has 3 saturated heterocycles. The number of aliphatic hydroxyl groups excluding tert-OH is 2. The Morgan fingerprint density at radius 1 is 0.937 bits per heavy atom. The normalized spacial score (nSPS) is 20.2. The molecule has 2 aliphatic carbocycles. The van der Waals surface area contributed by atoms with Gasteiger partial charge < -0.3 is 53.9 Å². The topological polar surface area (TPSA) is 247 Å². The minimum Gasteiger partial charge on any atom is -0.486 e. The van der Waals surface area contributed by atoms with Gasteiger partial charge in [-0.1, -0.05) is 67.6 Å². The molecule has 2 saturated carbocycles. The molecule has 502 valence electrons. The Hall–Kier alpha value is -8.16. The van der Waals surface area contributed by atoms with Gasteiger partial charge in [0.2, 0.25) is 11.8 Å². The van der Waals surface area contributed by atoms with Gasteiger partial charge in [0.25, 0.3) is 0 Å². The average Bonchev–Trinajstić information content (AvgIpc) is 1.71. The van der Waals surface area contributed by atoms with Crippen LogP contribution in [0.1, 0.15) is 145 Å². The number of anilines is 1. The highest BCUT2D eigenvalue weighted by molar-refractivity contribution is 7.13. The first kappa shape index (κ1) is 65.5. The number of hydrogen-bond acceptors (Lipinski definition) is 18. The van der Waals surface area contributed by atoms with E-state index in [1.54, 1.807) is 36.7 Å². The fourth-order valence-corrected chi connectivity index (χ4v) is 14.6. The van der Waals surface area contributed by atoms with Crippen LogP contribution < -0.4 is 19.7 Å². The van der Waals surface area contributed by atoms with Crippen LogP contribution in [0.3, 0.4) is 0 Å². The molecule has 6 atom stereocenters. The van der Waals surface area contributed by atoms with Crippen molar-refractivity contribution >= 4 is 56.9 Å². The number of nitrogens with one attached hydrogen (secondary N) is 1. The summed E-state index contributed by atoms with van der Waals surface area (Å²) in [5, 5.41) is 39.9. The second-order valence-corrected chi connectivity index (χ2v) is 28.7. The van der Waals surface area contributed by atoms with Crippen molar-refractivity contribution in [3.63, 3.8) is 0 Å². The highest BCUT2D eigenvalue weighted by Crippen LogP contribution is 2.54. The Labute approximate surface area is 556 Å². The van der Waals surface area contributed by atoms with E-state index in [-0.39, 0.29) is 73.6 Å². The minimum absolute atomic E-state index is 0.0258. The van der Waals surface area contributed by atoms with Crippen molar-refractivity contribution in [3.8, 4) is 44.6 Å². The molecule has 1 unspecified atom stereocenters. The van der Waals surface area contributed by atoms with Crippen molar-refractivity contribution < 1.29 is 52.7 Å². The molecule has 24 heteroatoms. The number of nitrogens with zero attached hydrogens (tertiary/aromatic N) is 11. The van der Waals surface area contributed by atoms with Crippen molar-refractivity contribution in [2.45, 2.75) is 161 Å². The predicted octanol–water partition coefficient (Wildman–Crippen LogP) is 11.2. The summed E-state index contributed by atoms with van der Waals surface area (Å²) >= 11 is 1.54. The molecule has 5 aliphatic rings. The molecule has 95 heavy (non-hydrogen) atoms. The van der Waals surface area contributed by atoms with Crippen LogP contribution in [0.4, 0.5) is 15.0 Å². The Morgan fingerprint density at radius 2 is 1.71 bits per heavy atom. The highest BCUT2D eigenvalue weighted by atomic mass is 32.1. The number of aryl methyl sites for hydroxylation is 1. The number of methoxy groups -OCH3 is 1. The molecule has 13 rings (SSSR count). The number of carbonyl (C=O) groups is 3. The van der Waals surface area contributed by atoms with Gasteiger partial charge >= 0.3 is 12.1 Å². The van der Waals surface area contributed by atoms with Gasteiger partial charge in [-0.05, 0) is 132 Å². The van der Waals surface area contributed by atoms with E-state index in [0.29, 0.717) is 89.9 Å². The number of aromatic nitrogens is 8. The van der Waals surface area contributed by atoms with E-state index in [2.05, 4.69) is 31.6 Å². The maximum absolute atomic E-state index is 17.0. The molecule has 3 aliphatic heterocycles. The number of rotatable bonds is 22. The van der Waals surface area contributed by atoms with Gasteiger partial charge in [0.05, 0.1) is 66.0 Å². The van der Waals surface area contributed by atoms with Crippen molar-refractivity contribution in [2.24, 2.45) is 11.3 Å². The summed E-state index contributed by atoms with van der Waals surface area (Å²) in [7, 11) is 3.69. The van der Waals surface area contributed by atoms with E-state index in [0.717, 1.165) is 88.5 Å². The number of carbonyl (C=O) groups excluding carboxylic acids is 3. The molecule has 0 radical (unpaired) electrons. The molecular weight excluding hydrogens is 1230 g/mol. The zero-order valence-electron chi connectivity index (χ0n) is 55.5. The fraction of sp³-hybridized carbons (Fsp3) is 0.507. The molecule has 8 aromatic rings. The number of likely N-dealkylation sites (tertiary alicyclic amines) is 2. The second-order valence-electron chi connectivity index (χ2n) is 27.9. The number of fused-ring (bicyclic) bond motifs is 2. The lowest BCUT2D eigenvalue weighted by molar-refractivity contribution is -0.142. The van der Waals surface area contributed by atoms with Gasteiger partial charge in [0.1, 0.15) is 47.1 Å². The summed E-state index contributed by atoms with van der Waals surface area (Å²) in [6.07, 6.45) is 8.89. The van der Waals surface area contributed by atoms with E-state index in [4.69, 9.17) is 38.8 Å². The van der Waals surface area contributed by atoms with Crippen molar-refractivity contribution in [1.29, 1.82) is 0 Å². The molecular formula is C71H85FN12O10S. The van der Waals surface area contributed by atoms with Crippen LogP contribution in [0.25, 0.3) is 54.6 Å². The molecule has 5 fully saturated rings. The smallest absolute Gasteiger partial charge is 0.410 e. The third kappa shape index (κ3) is 13.6. The lowest BCUT2D eigenvalue weighted by Crippen LogP contribution is -2.50. The number of ether oxygens (including phenoxy) is 5. The van der Waals surface area contributed by atoms with Crippen LogP contribution in [0, 0.1) is 31.0 Å². The van der Waals surface area contributed by atoms with Crippen LogP contribution in [-0.2, 0) is 30.4 Å². The van der Waals surface area contributed by atoms with E-state index >= 15 is 4.39 Å². The van der Waals surface area contributed by atoms with Crippen LogP contribution in [0.5, 0.6) is 11.8 Å². The number of halogens is 1. The van der Waals surface area contributed by atoms with Gasteiger partial charge in [-0.3, -0.25) is 9.59 Å². The monoisotopic (exact) mass is 1320 g/mol. The Morgan fingerprint density at radius 3 is 2.38 bits per heavy atom. The number of thiazole rings is 1. The van der Waals surface area contributed by atoms with Gasteiger partial charge in [0.15, 0.2) is 12.0 Å².